The Hall–Kier alpha value is -2.08. The topological polar surface area (TPSA) is 71.2 Å². The maximum Gasteiger partial charge on any atom is 0.220 e. The standard InChI is InChI=1S/C16H22N4OS/c1-12(20(2)14-6-4-3-5-7-14)10-18-15(21)9-8-13-11-22-16(17)19-13/h3-7,11-12H,8-10H2,1-2H3,(H2,17,19)(H,18,21)/t12-/m0/s1. The average molecular weight is 318 g/mol. The lowest BCUT2D eigenvalue weighted by Gasteiger charge is -2.27. The lowest BCUT2D eigenvalue weighted by molar-refractivity contribution is -0.121. The molecule has 1 heterocycles. The Balaban J connectivity index is 1.73. The van der Waals surface area contributed by atoms with E-state index >= 15 is 0 Å². The van der Waals surface area contributed by atoms with Crippen molar-refractivity contribution in [2.75, 3.05) is 24.2 Å². The molecular weight excluding hydrogens is 296 g/mol. The Labute approximate surface area is 135 Å². The fourth-order valence-electron chi connectivity index (χ4n) is 2.08. The Morgan fingerprint density at radius 3 is 2.77 bits per heavy atom. The highest BCUT2D eigenvalue weighted by molar-refractivity contribution is 7.13. The summed E-state index contributed by atoms with van der Waals surface area (Å²) in [5, 5.41) is 5.42. The molecule has 1 atom stereocenters. The van der Waals surface area contributed by atoms with Crippen molar-refractivity contribution in [1.29, 1.82) is 0 Å². The van der Waals surface area contributed by atoms with E-state index in [-0.39, 0.29) is 11.9 Å². The van der Waals surface area contributed by atoms with E-state index in [9.17, 15) is 4.79 Å². The van der Waals surface area contributed by atoms with Crippen molar-refractivity contribution in [3.8, 4) is 0 Å². The zero-order valence-corrected chi connectivity index (χ0v) is 13.8. The van der Waals surface area contributed by atoms with Crippen LogP contribution in [0, 0.1) is 0 Å². The molecular formula is C16H22N4OS. The van der Waals surface area contributed by atoms with Crippen LogP contribution in [0.5, 0.6) is 0 Å². The zero-order valence-electron chi connectivity index (χ0n) is 13.0. The molecule has 22 heavy (non-hydrogen) atoms. The number of aryl methyl sites for hydroxylation is 1. The second kappa shape index (κ2) is 7.79. The molecule has 0 aliphatic rings. The van der Waals surface area contributed by atoms with Crippen LogP contribution in [0.25, 0.3) is 0 Å². The van der Waals surface area contributed by atoms with Gasteiger partial charge < -0.3 is 16.0 Å². The molecule has 3 N–H and O–H groups in total. The number of hydrogen-bond acceptors (Lipinski definition) is 5. The molecule has 0 radical (unpaired) electrons. The summed E-state index contributed by atoms with van der Waals surface area (Å²) in [7, 11) is 2.03. The average Bonchev–Trinajstić information content (AvgIpc) is 2.96. The Morgan fingerprint density at radius 2 is 2.14 bits per heavy atom. The first-order valence-corrected chi connectivity index (χ1v) is 8.18. The summed E-state index contributed by atoms with van der Waals surface area (Å²) in [4.78, 5) is 18.2. The Bertz CT molecular complexity index is 599. The molecule has 1 amide bonds. The molecule has 0 fully saturated rings. The van der Waals surface area contributed by atoms with Crippen LogP contribution >= 0.6 is 11.3 Å². The number of rotatable bonds is 7. The summed E-state index contributed by atoms with van der Waals surface area (Å²) in [5.74, 6) is 0.0416. The van der Waals surface area contributed by atoms with Crippen LogP contribution in [-0.4, -0.2) is 30.5 Å². The largest absolute Gasteiger partial charge is 0.375 e. The van der Waals surface area contributed by atoms with Crippen LogP contribution < -0.4 is 16.0 Å². The minimum absolute atomic E-state index is 0.0416. The quantitative estimate of drug-likeness (QED) is 0.822. The van der Waals surface area contributed by atoms with Crippen molar-refractivity contribution < 1.29 is 4.79 Å². The second-order valence-corrected chi connectivity index (χ2v) is 6.17. The summed E-state index contributed by atoms with van der Waals surface area (Å²) in [6.45, 7) is 2.71. The van der Waals surface area contributed by atoms with Crippen molar-refractivity contribution >= 4 is 28.1 Å². The number of anilines is 2. The number of nitrogens with one attached hydrogen (secondary N) is 1. The number of para-hydroxylation sites is 1. The Kier molecular flexibility index (Phi) is 5.77. The predicted molar refractivity (Wildman–Crippen MR) is 92.2 cm³/mol. The predicted octanol–water partition coefficient (Wildman–Crippen LogP) is 2.30. The number of aromatic nitrogens is 1. The van der Waals surface area contributed by atoms with Gasteiger partial charge in [-0.15, -0.1) is 11.3 Å². The fraction of sp³-hybridized carbons (Fsp3) is 0.375. The first-order valence-electron chi connectivity index (χ1n) is 7.30. The van der Waals surface area contributed by atoms with E-state index in [0.717, 1.165) is 11.4 Å². The number of likely N-dealkylation sites (N-methyl/N-ethyl adjacent to an activating group) is 1. The van der Waals surface area contributed by atoms with Gasteiger partial charge in [-0.25, -0.2) is 4.98 Å². The van der Waals surface area contributed by atoms with Gasteiger partial charge in [-0.1, -0.05) is 18.2 Å². The van der Waals surface area contributed by atoms with E-state index in [1.807, 2.05) is 30.6 Å². The molecule has 0 bridgehead atoms. The summed E-state index contributed by atoms with van der Waals surface area (Å²) < 4.78 is 0. The highest BCUT2D eigenvalue weighted by Crippen LogP contribution is 2.14. The summed E-state index contributed by atoms with van der Waals surface area (Å²) >= 11 is 1.40. The highest BCUT2D eigenvalue weighted by atomic mass is 32.1. The van der Waals surface area contributed by atoms with Crippen molar-refractivity contribution in [3.05, 3.63) is 41.4 Å². The number of hydrogen-bond donors (Lipinski definition) is 2. The van der Waals surface area contributed by atoms with E-state index in [1.54, 1.807) is 0 Å². The normalized spacial score (nSPS) is 11.9. The van der Waals surface area contributed by atoms with Crippen LogP contribution in [-0.2, 0) is 11.2 Å². The minimum Gasteiger partial charge on any atom is -0.375 e. The maximum absolute atomic E-state index is 11.9. The van der Waals surface area contributed by atoms with Gasteiger partial charge >= 0.3 is 0 Å². The van der Waals surface area contributed by atoms with Gasteiger partial charge in [-0.3, -0.25) is 4.79 Å². The molecule has 2 rings (SSSR count). The molecule has 0 saturated heterocycles. The highest BCUT2D eigenvalue weighted by Gasteiger charge is 2.11. The molecule has 1 aromatic heterocycles. The monoisotopic (exact) mass is 318 g/mol. The van der Waals surface area contributed by atoms with Crippen molar-refractivity contribution in [2.24, 2.45) is 0 Å². The molecule has 5 nitrogen and oxygen atoms in total. The van der Waals surface area contributed by atoms with E-state index < -0.39 is 0 Å². The number of thiazole rings is 1. The third-order valence-electron chi connectivity index (χ3n) is 3.60. The van der Waals surface area contributed by atoms with Crippen molar-refractivity contribution in [3.63, 3.8) is 0 Å². The van der Waals surface area contributed by atoms with Crippen molar-refractivity contribution in [2.45, 2.75) is 25.8 Å². The molecule has 0 spiro atoms. The number of amides is 1. The number of nitrogen functional groups attached to an aromatic ring is 1. The van der Waals surface area contributed by atoms with Crippen LogP contribution in [0.1, 0.15) is 19.0 Å². The van der Waals surface area contributed by atoms with Gasteiger partial charge in [-0.2, -0.15) is 0 Å². The number of carbonyl (C=O) groups is 1. The molecule has 0 aliphatic heterocycles. The molecule has 6 heteroatoms. The molecule has 1 aromatic carbocycles. The summed E-state index contributed by atoms with van der Waals surface area (Å²) in [6.07, 6.45) is 1.06. The SMILES string of the molecule is C[C@@H](CNC(=O)CCc1csc(N)n1)N(C)c1ccccc1. The smallest absolute Gasteiger partial charge is 0.220 e. The lowest BCUT2D eigenvalue weighted by Crippen LogP contribution is -2.40. The minimum atomic E-state index is 0.0416. The molecule has 0 aliphatic carbocycles. The third-order valence-corrected chi connectivity index (χ3v) is 4.32. The van der Waals surface area contributed by atoms with Gasteiger partial charge in [0.1, 0.15) is 0 Å². The molecule has 118 valence electrons. The summed E-state index contributed by atoms with van der Waals surface area (Å²) in [5.41, 5.74) is 7.60. The zero-order chi connectivity index (χ0) is 15.9. The van der Waals surface area contributed by atoms with E-state index in [4.69, 9.17) is 5.73 Å². The van der Waals surface area contributed by atoms with E-state index in [2.05, 4.69) is 34.3 Å². The van der Waals surface area contributed by atoms with Gasteiger partial charge in [0, 0.05) is 37.1 Å². The van der Waals surface area contributed by atoms with Gasteiger partial charge in [0.2, 0.25) is 5.91 Å². The van der Waals surface area contributed by atoms with E-state index in [0.29, 0.717) is 24.5 Å². The Morgan fingerprint density at radius 1 is 1.41 bits per heavy atom. The van der Waals surface area contributed by atoms with Crippen LogP contribution in [0.3, 0.4) is 0 Å². The van der Waals surface area contributed by atoms with Gasteiger partial charge in [0.15, 0.2) is 5.13 Å². The van der Waals surface area contributed by atoms with Gasteiger partial charge in [0.05, 0.1) is 5.69 Å². The molecule has 0 saturated carbocycles. The first-order chi connectivity index (χ1) is 10.6. The second-order valence-electron chi connectivity index (χ2n) is 5.28. The molecule has 2 aromatic rings. The number of nitrogens with zero attached hydrogens (tertiary/aromatic N) is 2. The molecule has 0 unspecified atom stereocenters. The van der Waals surface area contributed by atoms with Gasteiger partial charge in [-0.05, 0) is 25.5 Å². The fourth-order valence-corrected chi connectivity index (χ4v) is 2.68. The van der Waals surface area contributed by atoms with Crippen molar-refractivity contribution in [1.82, 2.24) is 10.3 Å². The van der Waals surface area contributed by atoms with Gasteiger partial charge in [0.25, 0.3) is 0 Å². The summed E-state index contributed by atoms with van der Waals surface area (Å²) in [6, 6.07) is 10.4. The van der Waals surface area contributed by atoms with Crippen LogP contribution in [0.2, 0.25) is 0 Å². The van der Waals surface area contributed by atoms with Crippen LogP contribution in [0.4, 0.5) is 10.8 Å². The number of nitrogens with two attached hydrogens (primary N) is 1. The maximum atomic E-state index is 11.9. The lowest BCUT2D eigenvalue weighted by atomic mass is 10.2. The first kappa shape index (κ1) is 16.3. The van der Waals surface area contributed by atoms with Crippen LogP contribution in [0.15, 0.2) is 35.7 Å². The number of carbonyl (C=O) groups excluding carboxylic acids is 1. The van der Waals surface area contributed by atoms with E-state index in [1.165, 1.54) is 11.3 Å². The third kappa shape index (κ3) is 4.73. The number of benzene rings is 1.